The smallest absolute Gasteiger partial charge is 0.0937 e. The average Bonchev–Trinajstić information content (AvgIpc) is 2.22. The van der Waals surface area contributed by atoms with E-state index in [0.29, 0.717) is 0 Å². The van der Waals surface area contributed by atoms with E-state index in [2.05, 4.69) is 18.9 Å². The molecule has 2 rings (SSSR count). The van der Waals surface area contributed by atoms with Crippen LogP contribution in [-0.2, 0) is 4.74 Å². The van der Waals surface area contributed by atoms with Crippen molar-refractivity contribution in [3.8, 4) is 0 Å². The first-order valence-corrected chi connectivity index (χ1v) is 6.53. The minimum absolute atomic E-state index is 0.270. The van der Waals surface area contributed by atoms with Crippen LogP contribution in [0.2, 0.25) is 0 Å². The Bertz CT molecular complexity index is 147. The van der Waals surface area contributed by atoms with Gasteiger partial charge in [-0.05, 0) is 25.8 Å². The lowest BCUT2D eigenvalue weighted by Crippen LogP contribution is -2.63. The number of likely N-dealkylation sites (N-methyl/N-ethyl adjacent to an activating group) is 1. The van der Waals surface area contributed by atoms with Crippen molar-refractivity contribution in [1.29, 1.82) is 0 Å². The van der Waals surface area contributed by atoms with Gasteiger partial charge in [0.05, 0.1) is 5.60 Å². The Labute approximate surface area is 96.0 Å². The van der Waals surface area contributed by atoms with E-state index < -0.39 is 0 Å². The highest BCUT2D eigenvalue weighted by atomic mass is 16.5. The van der Waals surface area contributed by atoms with Crippen LogP contribution in [0.4, 0.5) is 0 Å². The molecule has 0 bridgehead atoms. The minimum atomic E-state index is 0.270. The predicted octanol–water partition coefficient (Wildman–Crippen LogP) is 3.17. The fraction of sp³-hybridized carbons (Fsp3) is 1.00. The summed E-state index contributed by atoms with van der Waals surface area (Å²) in [6, 6.07) is 0. The van der Waals surface area contributed by atoms with Crippen molar-refractivity contribution in [2.45, 2.75) is 53.1 Å². The standard InChI is InChI=1S/C9H17NO.2C2H6/c1-8-3-4-11-9(5-8)6-10(2)7-9;2*1-2/h8H,3-7H2,1-2H3;2*1-2H3. The van der Waals surface area contributed by atoms with Crippen molar-refractivity contribution in [3.05, 3.63) is 0 Å². The van der Waals surface area contributed by atoms with Crippen LogP contribution in [0.1, 0.15) is 47.5 Å². The Balaban J connectivity index is 0.000000442. The molecule has 0 aromatic carbocycles. The first-order valence-electron chi connectivity index (χ1n) is 6.53. The predicted molar refractivity (Wildman–Crippen MR) is 67.3 cm³/mol. The molecule has 2 heterocycles. The van der Waals surface area contributed by atoms with Crippen molar-refractivity contribution in [1.82, 2.24) is 4.90 Å². The van der Waals surface area contributed by atoms with Gasteiger partial charge in [0.25, 0.3) is 0 Å². The molecule has 1 spiro atoms. The Morgan fingerprint density at radius 2 is 1.67 bits per heavy atom. The molecule has 0 amide bonds. The van der Waals surface area contributed by atoms with Crippen molar-refractivity contribution in [3.63, 3.8) is 0 Å². The van der Waals surface area contributed by atoms with Gasteiger partial charge in [0.1, 0.15) is 0 Å². The lowest BCUT2D eigenvalue weighted by molar-refractivity contribution is -0.170. The van der Waals surface area contributed by atoms with Gasteiger partial charge in [0, 0.05) is 19.7 Å². The molecule has 0 N–H and O–H groups in total. The fourth-order valence-corrected chi connectivity index (χ4v) is 2.43. The van der Waals surface area contributed by atoms with E-state index in [-0.39, 0.29) is 5.60 Å². The van der Waals surface area contributed by atoms with E-state index in [4.69, 9.17) is 4.74 Å². The molecule has 1 atom stereocenters. The quantitative estimate of drug-likeness (QED) is 0.615. The SMILES string of the molecule is CC.CC.CC1CCOC2(C1)CN(C)C2. The van der Waals surface area contributed by atoms with E-state index in [1.807, 2.05) is 27.7 Å². The second-order valence-electron chi connectivity index (χ2n) is 4.30. The number of ether oxygens (including phenoxy) is 1. The average molecular weight is 215 g/mol. The molecule has 0 aliphatic carbocycles. The monoisotopic (exact) mass is 215 g/mol. The summed E-state index contributed by atoms with van der Waals surface area (Å²) >= 11 is 0. The van der Waals surface area contributed by atoms with Gasteiger partial charge in [-0.3, -0.25) is 0 Å². The maximum absolute atomic E-state index is 5.80. The summed E-state index contributed by atoms with van der Waals surface area (Å²) < 4.78 is 5.80. The molecule has 2 saturated heterocycles. The Hall–Kier alpha value is -0.0800. The summed E-state index contributed by atoms with van der Waals surface area (Å²) in [7, 11) is 2.16. The molecule has 0 aromatic heterocycles. The van der Waals surface area contributed by atoms with E-state index >= 15 is 0 Å². The topological polar surface area (TPSA) is 12.5 Å². The van der Waals surface area contributed by atoms with Crippen LogP contribution in [0.5, 0.6) is 0 Å². The zero-order chi connectivity index (χ0) is 11.9. The van der Waals surface area contributed by atoms with Crippen LogP contribution >= 0.6 is 0 Å². The first kappa shape index (κ1) is 14.9. The van der Waals surface area contributed by atoms with Gasteiger partial charge >= 0.3 is 0 Å². The van der Waals surface area contributed by atoms with Crippen molar-refractivity contribution in [2.24, 2.45) is 5.92 Å². The Morgan fingerprint density at radius 3 is 2.07 bits per heavy atom. The molecular formula is C13H29NO. The summed E-state index contributed by atoms with van der Waals surface area (Å²) in [5.41, 5.74) is 0.270. The van der Waals surface area contributed by atoms with Gasteiger partial charge < -0.3 is 9.64 Å². The van der Waals surface area contributed by atoms with Gasteiger partial charge in [-0.25, -0.2) is 0 Å². The normalized spacial score (nSPS) is 28.0. The Kier molecular flexibility index (Phi) is 7.20. The number of likely N-dealkylation sites (tertiary alicyclic amines) is 1. The van der Waals surface area contributed by atoms with E-state index in [0.717, 1.165) is 25.6 Å². The van der Waals surface area contributed by atoms with Crippen LogP contribution in [0.25, 0.3) is 0 Å². The second-order valence-corrected chi connectivity index (χ2v) is 4.30. The third-order valence-electron chi connectivity index (χ3n) is 2.86. The molecule has 2 nitrogen and oxygen atoms in total. The van der Waals surface area contributed by atoms with E-state index in [1.165, 1.54) is 12.8 Å². The molecule has 15 heavy (non-hydrogen) atoms. The first-order chi connectivity index (χ1) is 7.20. The van der Waals surface area contributed by atoms with E-state index in [9.17, 15) is 0 Å². The minimum Gasteiger partial charge on any atom is -0.372 e. The van der Waals surface area contributed by atoms with Crippen molar-refractivity contribution >= 4 is 0 Å². The van der Waals surface area contributed by atoms with Gasteiger partial charge in [0.15, 0.2) is 0 Å². The van der Waals surface area contributed by atoms with E-state index in [1.54, 1.807) is 0 Å². The molecule has 2 fully saturated rings. The van der Waals surface area contributed by atoms with Crippen LogP contribution in [0, 0.1) is 5.92 Å². The molecule has 0 radical (unpaired) electrons. The van der Waals surface area contributed by atoms with Gasteiger partial charge in [-0.1, -0.05) is 34.6 Å². The lowest BCUT2D eigenvalue weighted by atomic mass is 9.82. The summed E-state index contributed by atoms with van der Waals surface area (Å²) in [4.78, 5) is 2.33. The highest BCUT2D eigenvalue weighted by Crippen LogP contribution is 2.35. The molecule has 0 saturated carbocycles. The third-order valence-corrected chi connectivity index (χ3v) is 2.86. The van der Waals surface area contributed by atoms with Gasteiger partial charge in [-0.2, -0.15) is 0 Å². The summed E-state index contributed by atoms with van der Waals surface area (Å²) in [6.07, 6.45) is 2.53. The highest BCUT2D eigenvalue weighted by molar-refractivity contribution is 4.98. The molecule has 92 valence electrons. The number of nitrogens with zero attached hydrogens (tertiary/aromatic N) is 1. The fourth-order valence-electron chi connectivity index (χ4n) is 2.43. The number of hydrogen-bond acceptors (Lipinski definition) is 2. The van der Waals surface area contributed by atoms with Gasteiger partial charge in [0.2, 0.25) is 0 Å². The maximum Gasteiger partial charge on any atom is 0.0937 e. The molecule has 2 aliphatic heterocycles. The number of hydrogen-bond donors (Lipinski definition) is 0. The molecular weight excluding hydrogens is 186 g/mol. The summed E-state index contributed by atoms with van der Waals surface area (Å²) in [5, 5.41) is 0. The van der Waals surface area contributed by atoms with Crippen LogP contribution in [0.15, 0.2) is 0 Å². The number of rotatable bonds is 0. The largest absolute Gasteiger partial charge is 0.372 e. The van der Waals surface area contributed by atoms with Crippen LogP contribution < -0.4 is 0 Å². The Morgan fingerprint density at radius 1 is 1.13 bits per heavy atom. The van der Waals surface area contributed by atoms with Crippen molar-refractivity contribution < 1.29 is 4.74 Å². The van der Waals surface area contributed by atoms with Gasteiger partial charge in [-0.15, -0.1) is 0 Å². The summed E-state index contributed by atoms with van der Waals surface area (Å²) in [6.45, 7) is 13.6. The highest BCUT2D eigenvalue weighted by Gasteiger charge is 2.44. The molecule has 2 aliphatic rings. The molecule has 2 heteroatoms. The summed E-state index contributed by atoms with van der Waals surface area (Å²) in [5.74, 6) is 0.873. The zero-order valence-corrected chi connectivity index (χ0v) is 11.5. The third kappa shape index (κ3) is 4.12. The van der Waals surface area contributed by atoms with Crippen LogP contribution in [0.3, 0.4) is 0 Å². The molecule has 1 unspecified atom stereocenters. The maximum atomic E-state index is 5.80. The van der Waals surface area contributed by atoms with Crippen molar-refractivity contribution in [2.75, 3.05) is 26.7 Å². The lowest BCUT2D eigenvalue weighted by Gasteiger charge is -2.51. The molecule has 0 aromatic rings. The zero-order valence-electron chi connectivity index (χ0n) is 11.5. The van der Waals surface area contributed by atoms with Crippen LogP contribution in [-0.4, -0.2) is 37.2 Å². The second kappa shape index (κ2) is 7.24.